The maximum Gasteiger partial charge on any atom is 0.306 e. The summed E-state index contributed by atoms with van der Waals surface area (Å²) in [5, 5.41) is 2.43. The normalized spacial score (nSPS) is 10.2. The molecule has 2 aromatic carbocycles. The molecule has 5 heteroatoms. The van der Waals surface area contributed by atoms with Crippen molar-refractivity contribution in [1.82, 2.24) is 0 Å². The molecule has 0 aliphatic carbocycles. The van der Waals surface area contributed by atoms with Gasteiger partial charge >= 0.3 is 5.97 Å². The van der Waals surface area contributed by atoms with Crippen LogP contribution < -0.4 is 5.32 Å². The monoisotopic (exact) mass is 329 g/mol. The number of para-hydroxylation sites is 1. The maximum absolute atomic E-state index is 13.4. The minimum absolute atomic E-state index is 0.0222. The third-order valence-electron chi connectivity index (χ3n) is 3.42. The molecule has 2 rings (SSSR count). The molecule has 0 atom stereocenters. The van der Waals surface area contributed by atoms with Crippen molar-refractivity contribution in [2.45, 2.75) is 25.7 Å². The number of anilines is 1. The van der Waals surface area contributed by atoms with Crippen molar-refractivity contribution in [3.05, 3.63) is 66.0 Å². The molecule has 24 heavy (non-hydrogen) atoms. The van der Waals surface area contributed by atoms with Crippen LogP contribution >= 0.6 is 0 Å². The quantitative estimate of drug-likeness (QED) is 0.593. The van der Waals surface area contributed by atoms with Gasteiger partial charge in [-0.25, -0.2) is 4.39 Å². The van der Waals surface area contributed by atoms with Crippen LogP contribution in [-0.4, -0.2) is 18.5 Å². The van der Waals surface area contributed by atoms with E-state index in [2.05, 4.69) is 5.32 Å². The second-order valence-electron chi connectivity index (χ2n) is 5.34. The van der Waals surface area contributed by atoms with Crippen LogP contribution in [0.3, 0.4) is 0 Å². The van der Waals surface area contributed by atoms with Gasteiger partial charge in [0.2, 0.25) is 5.91 Å². The summed E-state index contributed by atoms with van der Waals surface area (Å²) < 4.78 is 18.5. The van der Waals surface area contributed by atoms with E-state index < -0.39 is 17.7 Å². The Balaban J connectivity index is 1.60. The number of rotatable bonds is 8. The van der Waals surface area contributed by atoms with E-state index in [1.807, 2.05) is 30.3 Å². The lowest BCUT2D eigenvalue weighted by atomic mass is 10.1. The highest BCUT2D eigenvalue weighted by Gasteiger charge is 2.10. The third-order valence-corrected chi connectivity index (χ3v) is 3.42. The van der Waals surface area contributed by atoms with Crippen LogP contribution in [0.15, 0.2) is 54.6 Å². The van der Waals surface area contributed by atoms with E-state index in [0.717, 1.165) is 12.8 Å². The van der Waals surface area contributed by atoms with E-state index in [9.17, 15) is 14.0 Å². The molecule has 0 aromatic heterocycles. The van der Waals surface area contributed by atoms with Crippen molar-refractivity contribution in [2.24, 2.45) is 0 Å². The predicted octanol–water partition coefficient (Wildman–Crippen LogP) is 3.72. The number of amides is 1. The molecular formula is C19H20FNO3. The molecule has 0 saturated carbocycles. The first-order chi connectivity index (χ1) is 11.6. The molecule has 0 heterocycles. The Labute approximate surface area is 140 Å². The minimum atomic E-state index is -0.505. The number of hydrogen-bond acceptors (Lipinski definition) is 3. The molecule has 0 radical (unpaired) electrons. The van der Waals surface area contributed by atoms with Gasteiger partial charge < -0.3 is 10.1 Å². The van der Waals surface area contributed by atoms with E-state index in [-0.39, 0.29) is 18.5 Å². The number of halogens is 1. The molecule has 0 aliphatic rings. The topological polar surface area (TPSA) is 55.4 Å². The van der Waals surface area contributed by atoms with E-state index in [0.29, 0.717) is 6.61 Å². The highest BCUT2D eigenvalue weighted by Crippen LogP contribution is 2.13. The number of hydrogen-bond donors (Lipinski definition) is 1. The Morgan fingerprint density at radius 1 is 0.958 bits per heavy atom. The molecule has 0 aliphatic heterocycles. The maximum atomic E-state index is 13.4. The number of ether oxygens (including phenoxy) is 1. The summed E-state index contributed by atoms with van der Waals surface area (Å²) in [6.45, 7) is 0.322. The Hall–Kier alpha value is -2.69. The summed E-state index contributed by atoms with van der Waals surface area (Å²) in [5.74, 6) is -1.34. The molecule has 1 amide bonds. The number of aryl methyl sites for hydroxylation is 1. The summed E-state index contributed by atoms with van der Waals surface area (Å²) in [6, 6.07) is 15.8. The van der Waals surface area contributed by atoms with Crippen molar-refractivity contribution in [3.8, 4) is 0 Å². The van der Waals surface area contributed by atoms with Crippen molar-refractivity contribution >= 4 is 17.6 Å². The number of esters is 1. The van der Waals surface area contributed by atoms with Crippen molar-refractivity contribution < 1.29 is 18.7 Å². The average Bonchev–Trinajstić information content (AvgIpc) is 2.60. The largest absolute Gasteiger partial charge is 0.466 e. The lowest BCUT2D eigenvalue weighted by Gasteiger charge is -2.07. The van der Waals surface area contributed by atoms with E-state index >= 15 is 0 Å². The molecule has 0 spiro atoms. The van der Waals surface area contributed by atoms with Crippen LogP contribution in [0, 0.1) is 5.82 Å². The second kappa shape index (κ2) is 9.45. The van der Waals surface area contributed by atoms with Crippen molar-refractivity contribution in [3.63, 3.8) is 0 Å². The molecule has 2 aromatic rings. The summed E-state index contributed by atoms with van der Waals surface area (Å²) in [5.41, 5.74) is 1.30. The van der Waals surface area contributed by atoms with Crippen molar-refractivity contribution in [1.29, 1.82) is 0 Å². The number of benzene rings is 2. The van der Waals surface area contributed by atoms with Crippen molar-refractivity contribution in [2.75, 3.05) is 11.9 Å². The van der Waals surface area contributed by atoms with Crippen LogP contribution in [0.2, 0.25) is 0 Å². The van der Waals surface area contributed by atoms with Gasteiger partial charge in [-0.15, -0.1) is 0 Å². The third kappa shape index (κ3) is 6.20. The first-order valence-corrected chi connectivity index (χ1v) is 7.89. The van der Waals surface area contributed by atoms with Gasteiger partial charge in [0.15, 0.2) is 0 Å². The number of nitrogens with one attached hydrogen (secondary N) is 1. The average molecular weight is 329 g/mol. The molecular weight excluding hydrogens is 309 g/mol. The molecule has 4 nitrogen and oxygen atoms in total. The molecule has 0 bridgehead atoms. The fraction of sp³-hybridized carbons (Fsp3) is 0.263. The van der Waals surface area contributed by atoms with Gasteiger partial charge in [-0.05, 0) is 30.5 Å². The zero-order valence-electron chi connectivity index (χ0n) is 13.3. The smallest absolute Gasteiger partial charge is 0.306 e. The van der Waals surface area contributed by atoms with E-state index in [4.69, 9.17) is 4.74 Å². The van der Waals surface area contributed by atoms with E-state index in [1.54, 1.807) is 6.07 Å². The lowest BCUT2D eigenvalue weighted by molar-refractivity contribution is -0.144. The zero-order valence-corrected chi connectivity index (χ0v) is 13.3. The Morgan fingerprint density at radius 2 is 1.67 bits per heavy atom. The highest BCUT2D eigenvalue weighted by molar-refractivity contribution is 5.92. The van der Waals surface area contributed by atoms with Gasteiger partial charge in [0.1, 0.15) is 5.82 Å². The Bertz CT molecular complexity index is 673. The first kappa shape index (κ1) is 17.7. The molecule has 0 unspecified atom stereocenters. The molecule has 1 N–H and O–H groups in total. The molecule has 126 valence electrons. The van der Waals surface area contributed by atoms with Crippen LogP contribution in [0.25, 0.3) is 0 Å². The van der Waals surface area contributed by atoms with Gasteiger partial charge in [-0.2, -0.15) is 0 Å². The van der Waals surface area contributed by atoms with Crippen LogP contribution in [-0.2, 0) is 20.7 Å². The number of carbonyl (C=O) groups excluding carboxylic acids is 2. The van der Waals surface area contributed by atoms with Crippen LogP contribution in [0.5, 0.6) is 0 Å². The lowest BCUT2D eigenvalue weighted by Crippen LogP contribution is -2.15. The Morgan fingerprint density at radius 3 is 2.42 bits per heavy atom. The fourth-order valence-electron chi connectivity index (χ4n) is 2.17. The summed E-state index contributed by atoms with van der Waals surface area (Å²) in [4.78, 5) is 23.3. The van der Waals surface area contributed by atoms with Gasteiger partial charge in [0.05, 0.1) is 18.7 Å². The van der Waals surface area contributed by atoms with Crippen LogP contribution in [0.1, 0.15) is 24.8 Å². The van der Waals surface area contributed by atoms with Crippen LogP contribution in [0.4, 0.5) is 10.1 Å². The van der Waals surface area contributed by atoms with E-state index in [1.165, 1.54) is 23.8 Å². The fourth-order valence-corrected chi connectivity index (χ4v) is 2.17. The van der Waals surface area contributed by atoms with Gasteiger partial charge in [-0.1, -0.05) is 42.5 Å². The summed E-state index contributed by atoms with van der Waals surface area (Å²) in [6.07, 6.45) is 1.51. The number of carbonyl (C=O) groups is 2. The predicted molar refractivity (Wildman–Crippen MR) is 90.0 cm³/mol. The van der Waals surface area contributed by atoms with Gasteiger partial charge in [0.25, 0.3) is 0 Å². The highest BCUT2D eigenvalue weighted by atomic mass is 19.1. The second-order valence-corrected chi connectivity index (χ2v) is 5.34. The first-order valence-electron chi connectivity index (χ1n) is 7.89. The minimum Gasteiger partial charge on any atom is -0.466 e. The summed E-state index contributed by atoms with van der Waals surface area (Å²) in [7, 11) is 0. The SMILES string of the molecule is O=C(CCC(=O)OCCCc1ccccc1)Nc1ccccc1F. The van der Waals surface area contributed by atoms with Gasteiger partial charge in [-0.3, -0.25) is 9.59 Å². The zero-order chi connectivity index (χ0) is 17.2. The standard InChI is InChI=1S/C19H20FNO3/c20-16-10-4-5-11-17(16)21-18(22)12-13-19(23)24-14-6-9-15-7-2-1-3-8-15/h1-5,7-8,10-11H,6,9,12-14H2,(H,21,22). The van der Waals surface area contributed by atoms with Gasteiger partial charge in [0, 0.05) is 6.42 Å². The summed E-state index contributed by atoms with van der Waals surface area (Å²) >= 11 is 0. The molecule has 0 fully saturated rings. The Kier molecular flexibility index (Phi) is 6.95. The molecule has 0 saturated heterocycles.